The molecule has 0 atom stereocenters. The third-order valence-corrected chi connectivity index (χ3v) is 5.94. The SMILES string of the molecule is Cc1ccc(N2C(=O)/C(=C/c3cc(I)cc(I)c3O)C(=O)NC2=S)cc1C. The summed E-state index contributed by atoms with van der Waals surface area (Å²) in [6, 6.07) is 9.04. The van der Waals surface area contributed by atoms with E-state index in [4.69, 9.17) is 12.2 Å². The van der Waals surface area contributed by atoms with E-state index in [9.17, 15) is 14.7 Å². The Bertz CT molecular complexity index is 1030. The molecular formula is C19H14I2N2O3S. The van der Waals surface area contributed by atoms with E-state index in [1.54, 1.807) is 18.2 Å². The van der Waals surface area contributed by atoms with Crippen molar-refractivity contribution in [2.75, 3.05) is 4.90 Å². The summed E-state index contributed by atoms with van der Waals surface area (Å²) in [5.74, 6) is -1.09. The smallest absolute Gasteiger partial charge is 0.270 e. The largest absolute Gasteiger partial charge is 0.506 e. The molecule has 0 saturated carbocycles. The first kappa shape index (κ1) is 20.2. The molecule has 1 aliphatic heterocycles. The van der Waals surface area contributed by atoms with Crippen LogP contribution in [-0.2, 0) is 9.59 Å². The first-order valence-electron chi connectivity index (χ1n) is 7.85. The van der Waals surface area contributed by atoms with E-state index >= 15 is 0 Å². The van der Waals surface area contributed by atoms with Gasteiger partial charge in [0.25, 0.3) is 11.8 Å². The molecule has 5 nitrogen and oxygen atoms in total. The predicted octanol–water partition coefficient (Wildman–Crippen LogP) is 4.05. The summed E-state index contributed by atoms with van der Waals surface area (Å²) < 4.78 is 1.52. The first-order chi connectivity index (χ1) is 12.7. The molecule has 0 radical (unpaired) electrons. The number of carbonyl (C=O) groups is 2. The number of rotatable bonds is 2. The van der Waals surface area contributed by atoms with Crippen molar-refractivity contribution in [1.29, 1.82) is 0 Å². The highest BCUT2D eigenvalue weighted by Crippen LogP contribution is 2.30. The van der Waals surface area contributed by atoms with Crippen molar-refractivity contribution < 1.29 is 14.7 Å². The van der Waals surface area contributed by atoms with Gasteiger partial charge >= 0.3 is 0 Å². The maximum atomic E-state index is 13.1. The van der Waals surface area contributed by atoms with Crippen LogP contribution in [0.2, 0.25) is 0 Å². The zero-order chi connectivity index (χ0) is 19.9. The summed E-state index contributed by atoms with van der Waals surface area (Å²) in [5.41, 5.74) is 3.00. The third-order valence-electron chi connectivity index (χ3n) is 4.21. The van der Waals surface area contributed by atoms with Gasteiger partial charge in [0, 0.05) is 9.13 Å². The van der Waals surface area contributed by atoms with E-state index in [2.05, 4.69) is 27.9 Å². The Kier molecular flexibility index (Phi) is 5.87. The summed E-state index contributed by atoms with van der Waals surface area (Å²) in [7, 11) is 0. The van der Waals surface area contributed by atoms with Crippen LogP contribution in [0.5, 0.6) is 5.75 Å². The van der Waals surface area contributed by atoms with Gasteiger partial charge in [-0.2, -0.15) is 0 Å². The number of thiocarbonyl (C=S) groups is 1. The number of aromatic hydroxyl groups is 1. The summed E-state index contributed by atoms with van der Waals surface area (Å²) in [4.78, 5) is 26.7. The molecule has 8 heteroatoms. The molecule has 1 saturated heterocycles. The van der Waals surface area contributed by atoms with Crippen LogP contribution in [0.15, 0.2) is 35.9 Å². The molecular weight excluding hydrogens is 590 g/mol. The molecule has 0 aromatic heterocycles. The molecule has 0 bridgehead atoms. The van der Waals surface area contributed by atoms with E-state index in [0.29, 0.717) is 14.8 Å². The van der Waals surface area contributed by atoms with Crippen LogP contribution >= 0.6 is 57.4 Å². The van der Waals surface area contributed by atoms with Crippen molar-refractivity contribution in [2.24, 2.45) is 0 Å². The molecule has 1 heterocycles. The monoisotopic (exact) mass is 604 g/mol. The molecule has 138 valence electrons. The van der Waals surface area contributed by atoms with E-state index in [0.717, 1.165) is 14.7 Å². The number of nitrogens with one attached hydrogen (secondary N) is 1. The highest BCUT2D eigenvalue weighted by atomic mass is 127. The molecule has 0 unspecified atom stereocenters. The highest BCUT2D eigenvalue weighted by Gasteiger charge is 2.34. The van der Waals surface area contributed by atoms with Gasteiger partial charge in [0.1, 0.15) is 11.3 Å². The lowest BCUT2D eigenvalue weighted by atomic mass is 10.0. The third kappa shape index (κ3) is 4.02. The normalized spacial score (nSPS) is 16.1. The van der Waals surface area contributed by atoms with Gasteiger partial charge in [0.15, 0.2) is 5.11 Å². The Hall–Kier alpha value is -1.53. The van der Waals surface area contributed by atoms with Gasteiger partial charge in [-0.3, -0.25) is 19.8 Å². The van der Waals surface area contributed by atoms with Gasteiger partial charge in [-0.25, -0.2) is 0 Å². The Morgan fingerprint density at radius 2 is 1.81 bits per heavy atom. The lowest BCUT2D eigenvalue weighted by Crippen LogP contribution is -2.54. The summed E-state index contributed by atoms with van der Waals surface area (Å²) in [6.45, 7) is 3.92. The van der Waals surface area contributed by atoms with Crippen LogP contribution in [0.3, 0.4) is 0 Å². The minimum absolute atomic E-state index is 0.0231. The van der Waals surface area contributed by atoms with E-state index in [1.165, 1.54) is 11.0 Å². The van der Waals surface area contributed by atoms with Crippen molar-refractivity contribution in [3.63, 3.8) is 0 Å². The number of hydrogen-bond acceptors (Lipinski definition) is 4. The first-order valence-corrected chi connectivity index (χ1v) is 10.4. The van der Waals surface area contributed by atoms with Crippen LogP contribution in [-0.4, -0.2) is 22.0 Å². The van der Waals surface area contributed by atoms with Crippen molar-refractivity contribution in [3.8, 4) is 5.75 Å². The van der Waals surface area contributed by atoms with Crippen LogP contribution in [0.4, 0.5) is 5.69 Å². The predicted molar refractivity (Wildman–Crippen MR) is 126 cm³/mol. The van der Waals surface area contributed by atoms with Crippen molar-refractivity contribution in [3.05, 3.63) is 59.7 Å². The standard InChI is InChI=1S/C19H14I2N2O3S/c1-9-3-4-13(5-10(9)2)23-18(26)14(17(25)22-19(23)27)7-11-6-12(20)8-15(21)16(11)24/h3-8,24H,1-2H3,(H,22,25,27)/b14-7+. The lowest BCUT2D eigenvalue weighted by Gasteiger charge is -2.29. The number of phenolic OH excluding ortho intramolecular Hbond substituents is 1. The van der Waals surface area contributed by atoms with Gasteiger partial charge in [0.2, 0.25) is 0 Å². The highest BCUT2D eigenvalue weighted by molar-refractivity contribution is 14.1. The zero-order valence-electron chi connectivity index (χ0n) is 14.3. The van der Waals surface area contributed by atoms with Gasteiger partial charge in [-0.05, 0) is 113 Å². The number of nitrogens with zero attached hydrogens (tertiary/aromatic N) is 1. The zero-order valence-corrected chi connectivity index (χ0v) is 19.5. The fourth-order valence-electron chi connectivity index (χ4n) is 2.61. The van der Waals surface area contributed by atoms with Gasteiger partial charge in [-0.1, -0.05) is 6.07 Å². The number of anilines is 1. The fourth-order valence-corrected chi connectivity index (χ4v) is 4.78. The number of aryl methyl sites for hydroxylation is 2. The molecule has 27 heavy (non-hydrogen) atoms. The summed E-state index contributed by atoms with van der Waals surface area (Å²) in [5, 5.41) is 12.9. The molecule has 0 spiro atoms. The van der Waals surface area contributed by atoms with Crippen molar-refractivity contribution >= 4 is 86.1 Å². The molecule has 2 amide bonds. The second-order valence-corrected chi connectivity index (χ2v) is 8.85. The number of phenols is 1. The lowest BCUT2D eigenvalue weighted by molar-refractivity contribution is -0.122. The van der Waals surface area contributed by atoms with Gasteiger partial charge < -0.3 is 5.11 Å². The van der Waals surface area contributed by atoms with Gasteiger partial charge in [0.05, 0.1) is 9.26 Å². The number of carbonyl (C=O) groups excluding carboxylic acids is 2. The van der Waals surface area contributed by atoms with E-state index < -0.39 is 11.8 Å². The Labute approximate surface area is 189 Å². The maximum absolute atomic E-state index is 13.1. The maximum Gasteiger partial charge on any atom is 0.270 e. The van der Waals surface area contributed by atoms with Crippen LogP contribution < -0.4 is 10.2 Å². The number of hydrogen-bond donors (Lipinski definition) is 2. The summed E-state index contributed by atoms with van der Waals surface area (Å²) >= 11 is 9.34. The van der Waals surface area contributed by atoms with Crippen LogP contribution in [0.1, 0.15) is 16.7 Å². The minimum Gasteiger partial charge on any atom is -0.506 e. The van der Waals surface area contributed by atoms with Crippen molar-refractivity contribution in [2.45, 2.75) is 13.8 Å². The Balaban J connectivity index is 2.09. The average Bonchev–Trinajstić information content (AvgIpc) is 2.58. The number of benzene rings is 2. The number of halogens is 2. The molecule has 0 aliphatic carbocycles. The Morgan fingerprint density at radius 1 is 1.11 bits per heavy atom. The van der Waals surface area contributed by atoms with E-state index in [-0.39, 0.29) is 16.4 Å². The molecule has 1 aliphatic rings. The molecule has 2 N–H and O–H groups in total. The second-order valence-electron chi connectivity index (χ2n) is 6.05. The molecule has 1 fully saturated rings. The van der Waals surface area contributed by atoms with Crippen LogP contribution in [0, 0.1) is 21.0 Å². The topological polar surface area (TPSA) is 69.6 Å². The minimum atomic E-state index is -0.585. The van der Waals surface area contributed by atoms with Crippen LogP contribution in [0.25, 0.3) is 6.08 Å². The quantitative estimate of drug-likeness (QED) is 0.235. The molecule has 3 rings (SSSR count). The average molecular weight is 604 g/mol. The van der Waals surface area contributed by atoms with E-state index in [1.807, 2.05) is 48.6 Å². The second kappa shape index (κ2) is 7.84. The molecule has 2 aromatic rings. The fraction of sp³-hybridized carbons (Fsp3) is 0.105. The van der Waals surface area contributed by atoms with Crippen molar-refractivity contribution in [1.82, 2.24) is 5.32 Å². The summed E-state index contributed by atoms with van der Waals surface area (Å²) in [6.07, 6.45) is 1.40. The Morgan fingerprint density at radius 3 is 2.48 bits per heavy atom. The van der Waals surface area contributed by atoms with Gasteiger partial charge in [-0.15, -0.1) is 0 Å². The number of amides is 2. The molecule has 2 aromatic carbocycles.